The van der Waals surface area contributed by atoms with Gasteiger partial charge >= 0.3 is 5.97 Å². The number of hydrogen-bond donors (Lipinski definition) is 2. The van der Waals surface area contributed by atoms with Gasteiger partial charge in [-0.05, 0) is 96.7 Å². The zero-order chi connectivity index (χ0) is 27.2. The molecule has 1 saturated heterocycles. The van der Waals surface area contributed by atoms with Gasteiger partial charge in [-0.15, -0.1) is 0 Å². The Labute approximate surface area is 227 Å². The van der Waals surface area contributed by atoms with Crippen LogP contribution < -0.4 is 9.47 Å². The number of carbonyl (C=O) groups excluding carboxylic acids is 1. The lowest BCUT2D eigenvalue weighted by Gasteiger charge is -2.60. The predicted molar refractivity (Wildman–Crippen MR) is 149 cm³/mol. The quantitative estimate of drug-likeness (QED) is 0.200. The lowest BCUT2D eigenvalue weighted by Crippen LogP contribution is -2.74. The average molecular weight is 524 g/mol. The zero-order valence-electron chi connectivity index (χ0n) is 23.8. The van der Waals surface area contributed by atoms with Crippen molar-refractivity contribution in [2.75, 3.05) is 13.1 Å². The van der Waals surface area contributed by atoms with Crippen molar-refractivity contribution in [3.8, 4) is 11.5 Å². The summed E-state index contributed by atoms with van der Waals surface area (Å²) in [4.78, 5) is 15.4. The molecule has 5 atom stereocenters. The molecule has 2 fully saturated rings. The van der Waals surface area contributed by atoms with Gasteiger partial charge in [-0.3, -0.25) is 4.90 Å². The highest BCUT2D eigenvalue weighted by Gasteiger charge is 2.69. The molecule has 2 aliphatic heterocycles. The maximum Gasteiger partial charge on any atom is 0.336 e. The number of allylic oxidation sites excluding steroid dienone is 3. The molecule has 208 valence electrons. The summed E-state index contributed by atoms with van der Waals surface area (Å²) in [5, 5.41) is 23.5. The SMILES string of the molecule is CCC(O)C1Oc2c(OC(=O)/C=C(\C)CCC=C(C)C)ccc3c2C12CCN(CC1CCC1)C(C3)C2(C)O. The summed E-state index contributed by atoms with van der Waals surface area (Å²) in [5.41, 5.74) is 2.47. The first kappa shape index (κ1) is 27.4. The molecule has 2 aliphatic carbocycles. The second kappa shape index (κ2) is 10.4. The second-order valence-electron chi connectivity index (χ2n) is 12.6. The van der Waals surface area contributed by atoms with Gasteiger partial charge in [-0.25, -0.2) is 4.79 Å². The maximum atomic E-state index is 12.9. The van der Waals surface area contributed by atoms with Crippen molar-refractivity contribution in [2.24, 2.45) is 5.92 Å². The first-order valence-electron chi connectivity index (χ1n) is 14.6. The lowest BCUT2D eigenvalue weighted by molar-refractivity contribution is -0.172. The topological polar surface area (TPSA) is 79.2 Å². The van der Waals surface area contributed by atoms with Crippen LogP contribution in [0.5, 0.6) is 11.5 Å². The minimum atomic E-state index is -1.09. The minimum absolute atomic E-state index is 0.0368. The fourth-order valence-corrected chi connectivity index (χ4v) is 7.40. The van der Waals surface area contributed by atoms with E-state index >= 15 is 0 Å². The first-order chi connectivity index (χ1) is 18.1. The van der Waals surface area contributed by atoms with E-state index in [0.29, 0.717) is 30.3 Å². The van der Waals surface area contributed by atoms with Crippen LogP contribution in [0.4, 0.5) is 0 Å². The Bertz CT molecular complexity index is 1130. The van der Waals surface area contributed by atoms with Gasteiger partial charge in [-0.1, -0.05) is 36.6 Å². The van der Waals surface area contributed by atoms with Crippen LogP contribution in [0.2, 0.25) is 0 Å². The van der Waals surface area contributed by atoms with Gasteiger partial charge in [0.05, 0.1) is 17.1 Å². The third kappa shape index (κ3) is 4.52. The Morgan fingerprint density at radius 3 is 2.71 bits per heavy atom. The Kier molecular flexibility index (Phi) is 7.53. The molecular weight excluding hydrogens is 478 g/mol. The van der Waals surface area contributed by atoms with E-state index in [1.165, 1.54) is 24.8 Å². The van der Waals surface area contributed by atoms with E-state index < -0.39 is 29.2 Å². The molecule has 2 N–H and O–H groups in total. The van der Waals surface area contributed by atoms with Crippen molar-refractivity contribution in [1.29, 1.82) is 0 Å². The molecule has 5 rings (SSSR count). The van der Waals surface area contributed by atoms with Gasteiger partial charge in [0.2, 0.25) is 0 Å². The number of fused-ring (bicyclic) bond motifs is 1. The fourth-order valence-electron chi connectivity index (χ4n) is 7.40. The van der Waals surface area contributed by atoms with E-state index in [2.05, 4.69) is 24.8 Å². The molecule has 1 spiro atoms. The van der Waals surface area contributed by atoms with Crippen molar-refractivity contribution in [2.45, 2.75) is 115 Å². The molecule has 2 heterocycles. The third-order valence-electron chi connectivity index (χ3n) is 9.74. The van der Waals surface area contributed by atoms with Gasteiger partial charge < -0.3 is 19.7 Å². The van der Waals surface area contributed by atoms with Crippen molar-refractivity contribution in [1.82, 2.24) is 4.90 Å². The van der Waals surface area contributed by atoms with Gasteiger partial charge in [0.15, 0.2) is 11.5 Å². The zero-order valence-corrected chi connectivity index (χ0v) is 23.8. The van der Waals surface area contributed by atoms with Gasteiger partial charge in [0.25, 0.3) is 0 Å². The summed E-state index contributed by atoms with van der Waals surface area (Å²) in [7, 11) is 0. The van der Waals surface area contributed by atoms with Gasteiger partial charge in [0, 0.05) is 24.2 Å². The Balaban J connectivity index is 1.47. The summed E-state index contributed by atoms with van der Waals surface area (Å²) in [6.45, 7) is 11.9. The van der Waals surface area contributed by atoms with E-state index in [0.717, 1.165) is 49.1 Å². The number of carbonyl (C=O) groups is 1. The monoisotopic (exact) mass is 523 g/mol. The number of aliphatic hydroxyl groups is 2. The Morgan fingerprint density at radius 2 is 2.05 bits per heavy atom. The highest BCUT2D eigenvalue weighted by atomic mass is 16.6. The highest BCUT2D eigenvalue weighted by Crippen LogP contribution is 2.62. The molecule has 1 saturated carbocycles. The Hall–Kier alpha value is -2.15. The van der Waals surface area contributed by atoms with E-state index in [1.54, 1.807) is 6.08 Å². The van der Waals surface area contributed by atoms with Crippen LogP contribution in [0.15, 0.2) is 35.4 Å². The normalized spacial score (nSPS) is 31.2. The molecule has 5 unspecified atom stereocenters. The van der Waals surface area contributed by atoms with Crippen molar-refractivity contribution in [3.05, 3.63) is 46.6 Å². The number of nitrogens with zero attached hydrogens (tertiary/aromatic N) is 1. The summed E-state index contributed by atoms with van der Waals surface area (Å²) in [6.07, 6.45) is 9.86. The third-order valence-corrected chi connectivity index (χ3v) is 9.74. The van der Waals surface area contributed by atoms with E-state index in [1.807, 2.05) is 32.9 Å². The molecular formula is C32H45NO5. The molecule has 1 aromatic rings. The molecule has 4 aliphatic rings. The Morgan fingerprint density at radius 1 is 1.29 bits per heavy atom. The number of ether oxygens (including phenoxy) is 2. The first-order valence-corrected chi connectivity index (χ1v) is 14.6. The second-order valence-corrected chi connectivity index (χ2v) is 12.6. The summed E-state index contributed by atoms with van der Waals surface area (Å²) < 4.78 is 12.4. The number of piperidine rings is 1. The average Bonchev–Trinajstić information content (AvgIpc) is 3.17. The molecule has 38 heavy (non-hydrogen) atoms. The fraction of sp³-hybridized carbons (Fsp3) is 0.656. The van der Waals surface area contributed by atoms with Gasteiger partial charge in [0.1, 0.15) is 6.10 Å². The van der Waals surface area contributed by atoms with Crippen LogP contribution in [0.1, 0.15) is 90.7 Å². The number of benzene rings is 1. The van der Waals surface area contributed by atoms with Crippen LogP contribution in [0, 0.1) is 5.92 Å². The van der Waals surface area contributed by atoms with E-state index in [-0.39, 0.29) is 6.04 Å². The molecule has 1 aromatic carbocycles. The largest absolute Gasteiger partial charge is 0.482 e. The molecule has 0 amide bonds. The number of esters is 1. The predicted octanol–water partition coefficient (Wildman–Crippen LogP) is 5.24. The van der Waals surface area contributed by atoms with Crippen LogP contribution in [0.25, 0.3) is 0 Å². The standard InChI is InChI=1S/C32H45NO5/c1-6-24(34)30-32-15-16-33(19-22-11-8-12-22)26(31(32,5)36)18-23-13-14-25(29(38-30)28(23)32)37-27(35)17-21(4)10-7-9-20(2)3/h9,13-14,17,22,24,26,30,34,36H,6-8,10-12,15-16,18-19H2,1-5H3/b21-17+. The summed E-state index contributed by atoms with van der Waals surface area (Å²) >= 11 is 0. The molecule has 0 aromatic heterocycles. The van der Waals surface area contributed by atoms with Crippen LogP contribution >= 0.6 is 0 Å². The van der Waals surface area contributed by atoms with Crippen LogP contribution in [-0.4, -0.2) is 58.0 Å². The molecule has 2 bridgehead atoms. The van der Waals surface area contributed by atoms with Crippen molar-refractivity contribution >= 4 is 5.97 Å². The summed E-state index contributed by atoms with van der Waals surface area (Å²) in [5.74, 6) is 1.19. The smallest absolute Gasteiger partial charge is 0.336 e. The molecule has 6 nitrogen and oxygen atoms in total. The number of rotatable bonds is 9. The van der Waals surface area contributed by atoms with Crippen molar-refractivity contribution < 1.29 is 24.5 Å². The number of likely N-dealkylation sites (tertiary alicyclic amines) is 1. The van der Waals surface area contributed by atoms with Crippen LogP contribution in [0.3, 0.4) is 0 Å². The molecule has 0 radical (unpaired) electrons. The number of hydrogen-bond acceptors (Lipinski definition) is 6. The highest BCUT2D eigenvalue weighted by molar-refractivity contribution is 5.85. The maximum absolute atomic E-state index is 12.9. The van der Waals surface area contributed by atoms with E-state index in [4.69, 9.17) is 9.47 Å². The van der Waals surface area contributed by atoms with E-state index in [9.17, 15) is 15.0 Å². The molecule has 6 heteroatoms. The minimum Gasteiger partial charge on any atom is -0.482 e. The van der Waals surface area contributed by atoms with Crippen molar-refractivity contribution in [3.63, 3.8) is 0 Å². The lowest BCUT2D eigenvalue weighted by atomic mass is 9.52. The van der Waals surface area contributed by atoms with Gasteiger partial charge in [-0.2, -0.15) is 0 Å². The van der Waals surface area contributed by atoms with Crippen LogP contribution in [-0.2, 0) is 16.6 Å². The number of aliphatic hydroxyl groups excluding tert-OH is 1. The summed E-state index contributed by atoms with van der Waals surface area (Å²) in [6, 6.07) is 3.84.